The van der Waals surface area contributed by atoms with Crippen LogP contribution < -0.4 is 10.6 Å². The molecule has 1 atom stereocenters. The summed E-state index contributed by atoms with van der Waals surface area (Å²) in [5, 5.41) is 14.2. The molecule has 0 bridgehead atoms. The van der Waals surface area contributed by atoms with Gasteiger partial charge in [0.25, 0.3) is 0 Å². The number of carboxylic acids is 1. The zero-order chi connectivity index (χ0) is 14.3. The quantitative estimate of drug-likeness (QED) is 0.614. The summed E-state index contributed by atoms with van der Waals surface area (Å²) in [6.45, 7) is 6.73. The van der Waals surface area contributed by atoms with Gasteiger partial charge < -0.3 is 20.6 Å². The van der Waals surface area contributed by atoms with E-state index in [0.717, 1.165) is 13.0 Å². The third-order valence-corrected chi connectivity index (χ3v) is 2.46. The molecule has 0 heterocycles. The van der Waals surface area contributed by atoms with Crippen LogP contribution in [0.2, 0.25) is 0 Å². The minimum absolute atomic E-state index is 0.434. The fourth-order valence-corrected chi connectivity index (χ4v) is 1.43. The number of hydrogen-bond acceptors (Lipinski definition) is 3. The van der Waals surface area contributed by atoms with Crippen molar-refractivity contribution in [3.05, 3.63) is 0 Å². The topological polar surface area (TPSA) is 81.7 Å². The average Bonchev–Trinajstić information content (AvgIpc) is 2.18. The number of aliphatic carboxylic acids is 1. The molecule has 106 valence electrons. The molecular weight excluding hydrogens is 234 g/mol. The van der Waals surface area contributed by atoms with Crippen LogP contribution in [0.1, 0.15) is 27.2 Å². The Morgan fingerprint density at radius 1 is 1.28 bits per heavy atom. The molecular formula is C12H25N3O3. The molecule has 0 spiro atoms. The first-order valence-corrected chi connectivity index (χ1v) is 6.06. The molecule has 18 heavy (non-hydrogen) atoms. The van der Waals surface area contributed by atoms with Crippen molar-refractivity contribution in [3.8, 4) is 0 Å². The highest BCUT2D eigenvalue weighted by atomic mass is 16.4. The largest absolute Gasteiger partial charge is 0.480 e. The molecule has 0 radical (unpaired) electrons. The highest BCUT2D eigenvalue weighted by Crippen LogP contribution is 2.19. The molecule has 0 saturated carbocycles. The zero-order valence-electron chi connectivity index (χ0n) is 11.9. The molecule has 0 aliphatic rings. The van der Waals surface area contributed by atoms with E-state index in [1.165, 1.54) is 0 Å². The molecule has 0 saturated heterocycles. The van der Waals surface area contributed by atoms with Crippen LogP contribution in [0.25, 0.3) is 0 Å². The number of urea groups is 1. The van der Waals surface area contributed by atoms with Gasteiger partial charge in [-0.3, -0.25) is 0 Å². The third-order valence-electron chi connectivity index (χ3n) is 2.46. The maximum absolute atomic E-state index is 11.6. The Kier molecular flexibility index (Phi) is 6.68. The van der Waals surface area contributed by atoms with Crippen molar-refractivity contribution in [1.29, 1.82) is 0 Å². The maximum Gasteiger partial charge on any atom is 0.326 e. The zero-order valence-corrected chi connectivity index (χ0v) is 11.9. The van der Waals surface area contributed by atoms with Gasteiger partial charge in [0.05, 0.1) is 0 Å². The molecule has 0 aliphatic carbocycles. The van der Waals surface area contributed by atoms with E-state index in [1.54, 1.807) is 20.8 Å². The van der Waals surface area contributed by atoms with E-state index in [-0.39, 0.29) is 0 Å². The number of nitrogens with zero attached hydrogens (tertiary/aromatic N) is 1. The molecule has 6 heteroatoms. The highest BCUT2D eigenvalue weighted by Gasteiger charge is 2.32. The van der Waals surface area contributed by atoms with Crippen molar-refractivity contribution in [3.63, 3.8) is 0 Å². The Morgan fingerprint density at radius 3 is 2.22 bits per heavy atom. The Hall–Kier alpha value is -1.30. The molecule has 0 aromatic rings. The highest BCUT2D eigenvalue weighted by molar-refractivity contribution is 5.83. The second kappa shape index (κ2) is 7.20. The number of rotatable bonds is 6. The van der Waals surface area contributed by atoms with Gasteiger partial charge in [0.15, 0.2) is 0 Å². The van der Waals surface area contributed by atoms with Gasteiger partial charge in [0.1, 0.15) is 6.04 Å². The van der Waals surface area contributed by atoms with E-state index in [4.69, 9.17) is 5.11 Å². The van der Waals surface area contributed by atoms with Crippen molar-refractivity contribution >= 4 is 12.0 Å². The second-order valence-corrected chi connectivity index (χ2v) is 5.69. The van der Waals surface area contributed by atoms with Gasteiger partial charge in [-0.25, -0.2) is 9.59 Å². The van der Waals surface area contributed by atoms with Crippen LogP contribution in [0.4, 0.5) is 4.79 Å². The van der Waals surface area contributed by atoms with E-state index >= 15 is 0 Å². The molecule has 0 rings (SSSR count). The summed E-state index contributed by atoms with van der Waals surface area (Å²) in [6.07, 6.45) is 0.827. The number of hydrogen-bond donors (Lipinski definition) is 3. The van der Waals surface area contributed by atoms with Crippen LogP contribution in [0.15, 0.2) is 0 Å². The van der Waals surface area contributed by atoms with Crippen molar-refractivity contribution in [2.45, 2.75) is 33.2 Å². The smallest absolute Gasteiger partial charge is 0.326 e. The molecule has 0 aromatic carbocycles. The summed E-state index contributed by atoms with van der Waals surface area (Å²) < 4.78 is 0. The molecule has 0 aliphatic heterocycles. The minimum Gasteiger partial charge on any atom is -0.480 e. The second-order valence-electron chi connectivity index (χ2n) is 5.69. The van der Waals surface area contributed by atoms with Crippen LogP contribution in [-0.2, 0) is 4.79 Å². The first kappa shape index (κ1) is 16.7. The van der Waals surface area contributed by atoms with E-state index in [2.05, 4.69) is 10.6 Å². The first-order chi connectivity index (χ1) is 8.14. The average molecular weight is 259 g/mol. The fraction of sp³-hybridized carbons (Fsp3) is 0.833. The summed E-state index contributed by atoms with van der Waals surface area (Å²) in [7, 11) is 3.92. The SMILES string of the molecule is CN(C)CCCNC(=O)NC(C(=O)O)C(C)(C)C. The van der Waals surface area contributed by atoms with Crippen molar-refractivity contribution in [2.24, 2.45) is 5.41 Å². The van der Waals surface area contributed by atoms with Gasteiger partial charge in [0.2, 0.25) is 0 Å². The normalized spacial score (nSPS) is 13.2. The lowest BCUT2D eigenvalue weighted by Crippen LogP contribution is -2.52. The number of amides is 2. The number of carbonyl (C=O) groups excluding carboxylic acids is 1. The lowest BCUT2D eigenvalue weighted by molar-refractivity contribution is -0.141. The van der Waals surface area contributed by atoms with Gasteiger partial charge in [-0.1, -0.05) is 20.8 Å². The van der Waals surface area contributed by atoms with E-state index in [1.807, 2.05) is 19.0 Å². The van der Waals surface area contributed by atoms with Crippen LogP contribution in [-0.4, -0.2) is 55.2 Å². The minimum atomic E-state index is -1.02. The standard InChI is InChI=1S/C12H25N3O3/c1-12(2,3)9(10(16)17)14-11(18)13-7-6-8-15(4)5/h9H,6-8H2,1-5H3,(H,16,17)(H2,13,14,18). The lowest BCUT2D eigenvalue weighted by Gasteiger charge is -2.27. The van der Waals surface area contributed by atoms with Gasteiger partial charge in [-0.2, -0.15) is 0 Å². The van der Waals surface area contributed by atoms with Crippen LogP contribution in [0.5, 0.6) is 0 Å². The maximum atomic E-state index is 11.6. The van der Waals surface area contributed by atoms with Gasteiger partial charge in [-0.15, -0.1) is 0 Å². The Balaban J connectivity index is 4.09. The van der Waals surface area contributed by atoms with E-state index in [0.29, 0.717) is 6.54 Å². The van der Waals surface area contributed by atoms with Gasteiger partial charge >= 0.3 is 12.0 Å². The summed E-state index contributed by atoms with van der Waals surface area (Å²) in [5.74, 6) is -1.02. The van der Waals surface area contributed by atoms with E-state index in [9.17, 15) is 9.59 Å². The lowest BCUT2D eigenvalue weighted by atomic mass is 9.87. The number of carbonyl (C=O) groups is 2. The Bertz CT molecular complexity index is 285. The van der Waals surface area contributed by atoms with Crippen molar-refractivity contribution in [2.75, 3.05) is 27.2 Å². The first-order valence-electron chi connectivity index (χ1n) is 6.06. The predicted octanol–water partition coefficient (Wildman–Crippen LogP) is 0.737. The summed E-state index contributed by atoms with van der Waals surface area (Å²) >= 11 is 0. The third kappa shape index (κ3) is 7.11. The van der Waals surface area contributed by atoms with Crippen molar-refractivity contribution in [1.82, 2.24) is 15.5 Å². The summed E-state index contributed by atoms with van der Waals surface area (Å²) in [5.41, 5.74) is -0.521. The van der Waals surface area contributed by atoms with Crippen LogP contribution in [0, 0.1) is 5.41 Å². The monoisotopic (exact) mass is 259 g/mol. The molecule has 0 fully saturated rings. The summed E-state index contributed by atoms with van der Waals surface area (Å²) in [4.78, 5) is 24.6. The predicted molar refractivity (Wildman–Crippen MR) is 70.6 cm³/mol. The fourth-order valence-electron chi connectivity index (χ4n) is 1.43. The number of nitrogens with one attached hydrogen (secondary N) is 2. The number of carboxylic acid groups (broad SMARTS) is 1. The van der Waals surface area contributed by atoms with E-state index < -0.39 is 23.5 Å². The molecule has 3 N–H and O–H groups in total. The van der Waals surface area contributed by atoms with Crippen LogP contribution in [0.3, 0.4) is 0 Å². The van der Waals surface area contributed by atoms with Crippen molar-refractivity contribution < 1.29 is 14.7 Å². The molecule has 6 nitrogen and oxygen atoms in total. The molecule has 1 unspecified atom stereocenters. The summed E-state index contributed by atoms with van der Waals surface area (Å²) in [6, 6.07) is -1.33. The van der Waals surface area contributed by atoms with Gasteiger partial charge in [-0.05, 0) is 32.5 Å². The Morgan fingerprint density at radius 2 is 1.83 bits per heavy atom. The molecule has 0 aromatic heterocycles. The van der Waals surface area contributed by atoms with Gasteiger partial charge in [0, 0.05) is 6.54 Å². The van der Waals surface area contributed by atoms with Crippen LogP contribution >= 0.6 is 0 Å². The Labute approximate surface area is 109 Å². The molecule has 2 amide bonds.